The number of anilines is 1. The van der Waals surface area contributed by atoms with Crippen LogP contribution in [-0.4, -0.2) is 21.9 Å². The molecule has 0 aliphatic rings. The van der Waals surface area contributed by atoms with E-state index in [9.17, 15) is 4.79 Å². The first-order chi connectivity index (χ1) is 12.0. The van der Waals surface area contributed by atoms with Crippen molar-refractivity contribution in [3.8, 4) is 11.5 Å². The summed E-state index contributed by atoms with van der Waals surface area (Å²) in [5, 5.41) is 11.2. The maximum Gasteiger partial charge on any atom is 0.277 e. The highest BCUT2D eigenvalue weighted by Crippen LogP contribution is 2.29. The van der Waals surface area contributed by atoms with E-state index in [1.807, 2.05) is 49.4 Å². The summed E-state index contributed by atoms with van der Waals surface area (Å²) < 4.78 is 7.33. The van der Waals surface area contributed by atoms with Gasteiger partial charge in [-0.05, 0) is 68.6 Å². The standard InChI is InChI=1S/C17H13Br2N3O2S/c1-10-6-7-14(13(19)8-10)20-15(23)9-25-17-22-21-16(24-17)11-4-2-3-5-12(11)18/h2-8H,9H2,1H3,(H,20,23). The number of hydrogen-bond donors (Lipinski definition) is 1. The van der Waals surface area contributed by atoms with Crippen molar-refractivity contribution < 1.29 is 9.21 Å². The van der Waals surface area contributed by atoms with Crippen LogP contribution in [0.3, 0.4) is 0 Å². The Hall–Kier alpha value is -1.64. The van der Waals surface area contributed by atoms with Gasteiger partial charge in [0.05, 0.1) is 17.0 Å². The van der Waals surface area contributed by atoms with E-state index in [0.717, 1.165) is 25.8 Å². The molecule has 3 rings (SSSR count). The van der Waals surface area contributed by atoms with Gasteiger partial charge in [-0.2, -0.15) is 0 Å². The number of halogens is 2. The van der Waals surface area contributed by atoms with Gasteiger partial charge in [-0.15, -0.1) is 10.2 Å². The van der Waals surface area contributed by atoms with Crippen LogP contribution in [0.1, 0.15) is 5.56 Å². The molecule has 2 aromatic carbocycles. The lowest BCUT2D eigenvalue weighted by Gasteiger charge is -2.07. The number of thioether (sulfide) groups is 1. The number of amides is 1. The number of carbonyl (C=O) groups is 1. The lowest BCUT2D eigenvalue weighted by molar-refractivity contribution is -0.113. The molecule has 0 saturated carbocycles. The number of benzene rings is 2. The molecular weight excluding hydrogens is 470 g/mol. The van der Waals surface area contributed by atoms with Gasteiger partial charge in [0, 0.05) is 8.95 Å². The predicted octanol–water partition coefficient (Wildman–Crippen LogP) is 5.30. The average molecular weight is 483 g/mol. The van der Waals surface area contributed by atoms with Crippen molar-refractivity contribution in [1.29, 1.82) is 0 Å². The minimum Gasteiger partial charge on any atom is -0.411 e. The van der Waals surface area contributed by atoms with E-state index in [4.69, 9.17) is 4.42 Å². The first-order valence-electron chi connectivity index (χ1n) is 7.30. The second-order valence-corrected chi connectivity index (χ2v) is 7.81. The molecular formula is C17H13Br2N3O2S. The second-order valence-electron chi connectivity index (χ2n) is 5.17. The third-order valence-corrected chi connectivity index (χ3v) is 5.40. The third kappa shape index (κ3) is 4.71. The van der Waals surface area contributed by atoms with Crippen LogP contribution in [0.2, 0.25) is 0 Å². The zero-order valence-electron chi connectivity index (χ0n) is 13.1. The first kappa shape index (κ1) is 18.2. The fraction of sp³-hybridized carbons (Fsp3) is 0.118. The number of rotatable bonds is 5. The number of carbonyl (C=O) groups excluding carboxylic acids is 1. The summed E-state index contributed by atoms with van der Waals surface area (Å²) in [6, 6.07) is 13.3. The smallest absolute Gasteiger partial charge is 0.277 e. The minimum atomic E-state index is -0.143. The molecule has 1 heterocycles. The van der Waals surface area contributed by atoms with Gasteiger partial charge < -0.3 is 9.73 Å². The van der Waals surface area contributed by atoms with E-state index in [1.165, 1.54) is 11.8 Å². The largest absolute Gasteiger partial charge is 0.411 e. The maximum absolute atomic E-state index is 12.1. The van der Waals surface area contributed by atoms with Gasteiger partial charge in [0.1, 0.15) is 0 Å². The fourth-order valence-electron chi connectivity index (χ4n) is 2.05. The molecule has 5 nitrogen and oxygen atoms in total. The minimum absolute atomic E-state index is 0.143. The van der Waals surface area contributed by atoms with Crippen molar-refractivity contribution in [3.05, 3.63) is 57.0 Å². The average Bonchev–Trinajstić information content (AvgIpc) is 3.05. The van der Waals surface area contributed by atoms with Gasteiger partial charge >= 0.3 is 0 Å². The van der Waals surface area contributed by atoms with Gasteiger partial charge in [0.15, 0.2) is 0 Å². The summed E-state index contributed by atoms with van der Waals surface area (Å²) in [7, 11) is 0. The number of aromatic nitrogens is 2. The lowest BCUT2D eigenvalue weighted by Crippen LogP contribution is -2.14. The Morgan fingerprint density at radius 1 is 1.16 bits per heavy atom. The summed E-state index contributed by atoms with van der Waals surface area (Å²) in [5.41, 5.74) is 2.66. The monoisotopic (exact) mass is 481 g/mol. The second kappa shape index (κ2) is 8.16. The molecule has 0 saturated heterocycles. The number of aryl methyl sites for hydroxylation is 1. The molecule has 0 fully saturated rings. The van der Waals surface area contributed by atoms with Crippen molar-refractivity contribution in [1.82, 2.24) is 10.2 Å². The number of hydrogen-bond acceptors (Lipinski definition) is 5. The van der Waals surface area contributed by atoms with E-state index >= 15 is 0 Å². The molecule has 1 amide bonds. The van der Waals surface area contributed by atoms with Gasteiger partial charge in [-0.3, -0.25) is 4.79 Å². The molecule has 8 heteroatoms. The van der Waals surface area contributed by atoms with Crippen LogP contribution in [0.25, 0.3) is 11.5 Å². The molecule has 0 unspecified atom stereocenters. The summed E-state index contributed by atoms with van der Waals surface area (Å²) in [4.78, 5) is 12.1. The highest BCUT2D eigenvalue weighted by molar-refractivity contribution is 9.11. The van der Waals surface area contributed by atoms with Crippen LogP contribution < -0.4 is 5.32 Å². The fourth-order valence-corrected chi connectivity index (χ4v) is 3.66. The Morgan fingerprint density at radius 2 is 1.96 bits per heavy atom. The van der Waals surface area contributed by atoms with Crippen molar-refractivity contribution in [2.24, 2.45) is 0 Å². The van der Waals surface area contributed by atoms with Crippen LogP contribution in [0.4, 0.5) is 5.69 Å². The SMILES string of the molecule is Cc1ccc(NC(=O)CSc2nnc(-c3ccccc3Br)o2)c(Br)c1. The van der Waals surface area contributed by atoms with Gasteiger partial charge in [-0.1, -0.05) is 30.0 Å². The molecule has 1 aromatic heterocycles. The molecule has 0 aliphatic heterocycles. The van der Waals surface area contributed by atoms with Crippen molar-refractivity contribution in [2.45, 2.75) is 12.1 Å². The molecule has 128 valence electrons. The van der Waals surface area contributed by atoms with Crippen LogP contribution >= 0.6 is 43.6 Å². The Balaban J connectivity index is 1.60. The third-order valence-electron chi connectivity index (χ3n) is 3.24. The first-order valence-corrected chi connectivity index (χ1v) is 9.87. The van der Waals surface area contributed by atoms with E-state index in [0.29, 0.717) is 11.1 Å². The highest BCUT2D eigenvalue weighted by atomic mass is 79.9. The van der Waals surface area contributed by atoms with Crippen molar-refractivity contribution >= 4 is 55.2 Å². The quantitative estimate of drug-likeness (QED) is 0.499. The zero-order chi connectivity index (χ0) is 17.8. The molecule has 0 bridgehead atoms. The maximum atomic E-state index is 12.1. The van der Waals surface area contributed by atoms with Gasteiger partial charge in [0.25, 0.3) is 5.22 Å². The molecule has 0 spiro atoms. The van der Waals surface area contributed by atoms with Crippen molar-refractivity contribution in [3.63, 3.8) is 0 Å². The summed E-state index contributed by atoms with van der Waals surface area (Å²) >= 11 is 8.09. The van der Waals surface area contributed by atoms with Gasteiger partial charge in [-0.25, -0.2) is 0 Å². The Labute approximate surface area is 165 Å². The molecule has 0 atom stereocenters. The molecule has 1 N–H and O–H groups in total. The number of nitrogens with zero attached hydrogens (tertiary/aromatic N) is 2. The van der Waals surface area contributed by atoms with Gasteiger partial charge in [0.2, 0.25) is 11.8 Å². The van der Waals surface area contributed by atoms with Crippen LogP contribution in [0.5, 0.6) is 0 Å². The highest BCUT2D eigenvalue weighted by Gasteiger charge is 2.13. The topological polar surface area (TPSA) is 68.0 Å². The van der Waals surface area contributed by atoms with E-state index in [1.54, 1.807) is 0 Å². The van der Waals surface area contributed by atoms with E-state index in [2.05, 4.69) is 47.4 Å². The summed E-state index contributed by atoms with van der Waals surface area (Å²) in [5.74, 6) is 0.449. The summed E-state index contributed by atoms with van der Waals surface area (Å²) in [6.45, 7) is 1.99. The molecule has 0 radical (unpaired) electrons. The van der Waals surface area contributed by atoms with Crippen molar-refractivity contribution in [2.75, 3.05) is 11.1 Å². The van der Waals surface area contributed by atoms with Crippen LogP contribution in [-0.2, 0) is 4.79 Å². The normalized spacial score (nSPS) is 10.7. The van der Waals surface area contributed by atoms with E-state index < -0.39 is 0 Å². The predicted molar refractivity (Wildman–Crippen MR) is 106 cm³/mol. The Bertz CT molecular complexity index is 914. The number of nitrogens with one attached hydrogen (secondary N) is 1. The molecule has 0 aliphatic carbocycles. The Kier molecular flexibility index (Phi) is 5.93. The van der Waals surface area contributed by atoms with Crippen LogP contribution in [0.15, 0.2) is 61.0 Å². The Morgan fingerprint density at radius 3 is 2.72 bits per heavy atom. The lowest BCUT2D eigenvalue weighted by atomic mass is 10.2. The van der Waals surface area contributed by atoms with Crippen LogP contribution in [0, 0.1) is 6.92 Å². The molecule has 25 heavy (non-hydrogen) atoms. The summed E-state index contributed by atoms with van der Waals surface area (Å²) in [6.07, 6.45) is 0. The molecule has 3 aromatic rings. The zero-order valence-corrected chi connectivity index (χ0v) is 17.1. The van der Waals surface area contributed by atoms with E-state index in [-0.39, 0.29) is 11.7 Å².